The predicted octanol–water partition coefficient (Wildman–Crippen LogP) is 4.04. The molecular weight excluding hydrogens is 382 g/mol. The number of hydrazine groups is 1. The Morgan fingerprint density at radius 1 is 1.24 bits per heavy atom. The lowest BCUT2D eigenvalue weighted by atomic mass is 10.0. The minimum atomic E-state index is -0.315. The van der Waals surface area contributed by atoms with E-state index in [1.165, 1.54) is 12.1 Å². The van der Waals surface area contributed by atoms with Crippen LogP contribution in [0.5, 0.6) is 0 Å². The maximum absolute atomic E-state index is 13.3. The smallest absolute Gasteiger partial charge is 0.137 e. The number of hydrogen-bond acceptors (Lipinski definition) is 3. The normalized spacial score (nSPS) is 12.8. The maximum Gasteiger partial charge on any atom is 0.137 e. The Morgan fingerprint density at radius 2 is 2.05 bits per heavy atom. The van der Waals surface area contributed by atoms with Crippen LogP contribution >= 0.6 is 22.6 Å². The molecule has 0 bridgehead atoms. The minimum absolute atomic E-state index is 0.264. The number of hydrogen-bond donors (Lipinski definition) is 2. The van der Waals surface area contributed by atoms with Gasteiger partial charge in [-0.25, -0.2) is 9.82 Å². The van der Waals surface area contributed by atoms with Gasteiger partial charge in [-0.1, -0.05) is 24.3 Å². The highest BCUT2D eigenvalue weighted by atomic mass is 127. The molecule has 0 radical (unpaired) electrons. The fourth-order valence-corrected chi connectivity index (χ4v) is 3.22. The third-order valence-corrected chi connectivity index (χ3v) is 4.42. The SMILES string of the molecule is Cc1cccc2cc(C(NN)c3ccc(F)cc3I)oc12. The van der Waals surface area contributed by atoms with Crippen molar-refractivity contribution in [3.05, 3.63) is 68.7 Å². The van der Waals surface area contributed by atoms with Crippen molar-refractivity contribution < 1.29 is 8.81 Å². The van der Waals surface area contributed by atoms with Crippen LogP contribution in [0.2, 0.25) is 0 Å². The van der Waals surface area contributed by atoms with Crippen LogP contribution < -0.4 is 11.3 Å². The van der Waals surface area contributed by atoms with Crippen LogP contribution in [0, 0.1) is 16.3 Å². The highest BCUT2D eigenvalue weighted by Crippen LogP contribution is 2.31. The number of benzene rings is 2. The van der Waals surface area contributed by atoms with Crippen molar-refractivity contribution in [3.8, 4) is 0 Å². The summed E-state index contributed by atoms with van der Waals surface area (Å²) in [5.74, 6) is 6.15. The monoisotopic (exact) mass is 396 g/mol. The van der Waals surface area contributed by atoms with Crippen molar-refractivity contribution >= 4 is 33.6 Å². The van der Waals surface area contributed by atoms with Gasteiger partial charge in [0.25, 0.3) is 0 Å². The molecule has 0 amide bonds. The quantitative estimate of drug-likeness (QED) is 0.399. The molecule has 21 heavy (non-hydrogen) atoms. The number of nitrogens with two attached hydrogens (primary N) is 1. The molecule has 108 valence electrons. The van der Waals surface area contributed by atoms with Gasteiger partial charge in [-0.2, -0.15) is 0 Å². The third-order valence-electron chi connectivity index (χ3n) is 3.48. The molecule has 1 heterocycles. The average molecular weight is 396 g/mol. The van der Waals surface area contributed by atoms with Crippen molar-refractivity contribution in [2.75, 3.05) is 0 Å². The fourth-order valence-electron chi connectivity index (χ4n) is 2.43. The molecule has 0 aliphatic rings. The summed E-state index contributed by atoms with van der Waals surface area (Å²) in [5.41, 5.74) is 5.56. The molecule has 1 atom stereocenters. The van der Waals surface area contributed by atoms with Gasteiger partial charge < -0.3 is 4.42 Å². The van der Waals surface area contributed by atoms with E-state index in [1.807, 2.05) is 31.2 Å². The van der Waals surface area contributed by atoms with Crippen LogP contribution in [0.15, 0.2) is 46.9 Å². The lowest BCUT2D eigenvalue weighted by Crippen LogP contribution is -2.29. The molecule has 3 N–H and O–H groups in total. The van der Waals surface area contributed by atoms with Gasteiger partial charge in [0.2, 0.25) is 0 Å². The summed E-state index contributed by atoms with van der Waals surface area (Å²) >= 11 is 2.10. The van der Waals surface area contributed by atoms with Gasteiger partial charge in [-0.3, -0.25) is 5.84 Å². The van der Waals surface area contributed by atoms with Crippen molar-refractivity contribution in [1.82, 2.24) is 5.43 Å². The molecule has 5 heteroatoms. The Morgan fingerprint density at radius 3 is 2.71 bits per heavy atom. The van der Waals surface area contributed by atoms with Gasteiger partial charge in [0.1, 0.15) is 23.2 Å². The van der Waals surface area contributed by atoms with E-state index in [9.17, 15) is 4.39 Å². The number of fused-ring (bicyclic) bond motifs is 1. The first-order valence-corrected chi connectivity index (χ1v) is 7.58. The summed E-state index contributed by atoms with van der Waals surface area (Å²) in [6, 6.07) is 12.3. The van der Waals surface area contributed by atoms with E-state index in [-0.39, 0.29) is 11.9 Å². The second-order valence-corrected chi connectivity index (χ2v) is 6.07. The molecular formula is C16H14FIN2O. The summed E-state index contributed by atoms with van der Waals surface area (Å²) in [5, 5.41) is 1.03. The van der Waals surface area contributed by atoms with Crippen LogP contribution in [-0.4, -0.2) is 0 Å². The minimum Gasteiger partial charge on any atom is -0.459 e. The second kappa shape index (κ2) is 5.75. The zero-order valence-corrected chi connectivity index (χ0v) is 13.5. The molecule has 0 fully saturated rings. The van der Waals surface area contributed by atoms with Crippen LogP contribution in [-0.2, 0) is 0 Å². The Kier molecular flexibility index (Phi) is 3.97. The predicted molar refractivity (Wildman–Crippen MR) is 89.2 cm³/mol. The van der Waals surface area contributed by atoms with Gasteiger partial charge >= 0.3 is 0 Å². The van der Waals surface area contributed by atoms with Crippen LogP contribution in [0.3, 0.4) is 0 Å². The summed E-state index contributed by atoms with van der Waals surface area (Å²) in [7, 11) is 0. The third kappa shape index (κ3) is 2.68. The highest BCUT2D eigenvalue weighted by molar-refractivity contribution is 14.1. The lowest BCUT2D eigenvalue weighted by Gasteiger charge is -2.15. The molecule has 0 aliphatic heterocycles. The Labute approximate surface area is 135 Å². The second-order valence-electron chi connectivity index (χ2n) is 4.91. The molecule has 0 spiro atoms. The number of nitrogens with one attached hydrogen (secondary N) is 1. The summed E-state index contributed by atoms with van der Waals surface area (Å²) < 4.78 is 20.0. The molecule has 0 saturated carbocycles. The standard InChI is InChI=1S/C16H14FIN2O/c1-9-3-2-4-10-7-14(21-16(9)10)15(20-19)12-6-5-11(17)8-13(12)18/h2-8,15,20H,19H2,1H3. The molecule has 2 aromatic carbocycles. The van der Waals surface area contributed by atoms with E-state index in [1.54, 1.807) is 6.07 Å². The number of rotatable bonds is 3. The first kappa shape index (κ1) is 14.5. The molecule has 0 saturated heterocycles. The molecule has 1 aromatic heterocycles. The first-order valence-electron chi connectivity index (χ1n) is 6.50. The molecule has 3 nitrogen and oxygen atoms in total. The number of para-hydroxylation sites is 1. The molecule has 1 unspecified atom stereocenters. The van der Waals surface area contributed by atoms with Crippen molar-refractivity contribution in [2.24, 2.45) is 5.84 Å². The highest BCUT2D eigenvalue weighted by Gasteiger charge is 2.20. The topological polar surface area (TPSA) is 51.2 Å². The maximum atomic E-state index is 13.3. The van der Waals surface area contributed by atoms with Crippen molar-refractivity contribution in [3.63, 3.8) is 0 Å². The Balaban J connectivity index is 2.11. The summed E-state index contributed by atoms with van der Waals surface area (Å²) in [6.45, 7) is 2.00. The zero-order valence-electron chi connectivity index (χ0n) is 11.4. The average Bonchev–Trinajstić information content (AvgIpc) is 2.87. The van der Waals surface area contributed by atoms with Gasteiger partial charge in [0.05, 0.1) is 0 Å². The number of furan rings is 1. The number of halogens is 2. The largest absolute Gasteiger partial charge is 0.459 e. The lowest BCUT2D eigenvalue weighted by molar-refractivity contribution is 0.474. The van der Waals surface area contributed by atoms with Gasteiger partial charge in [0, 0.05) is 8.96 Å². The Hall–Kier alpha value is -1.44. The number of aryl methyl sites for hydroxylation is 1. The molecule has 3 rings (SSSR count). The van der Waals surface area contributed by atoms with E-state index in [2.05, 4.69) is 28.0 Å². The van der Waals surface area contributed by atoms with Crippen LogP contribution in [0.25, 0.3) is 11.0 Å². The van der Waals surface area contributed by atoms with Gasteiger partial charge in [-0.15, -0.1) is 0 Å². The molecule has 0 aliphatic carbocycles. The molecule has 3 aromatic rings. The fraction of sp³-hybridized carbons (Fsp3) is 0.125. The van der Waals surface area contributed by atoms with E-state index in [4.69, 9.17) is 10.3 Å². The van der Waals surface area contributed by atoms with Crippen molar-refractivity contribution in [2.45, 2.75) is 13.0 Å². The van der Waals surface area contributed by atoms with Crippen LogP contribution in [0.1, 0.15) is 22.9 Å². The summed E-state index contributed by atoms with van der Waals surface area (Å²) in [4.78, 5) is 0. The van der Waals surface area contributed by atoms with E-state index >= 15 is 0 Å². The van der Waals surface area contributed by atoms with E-state index < -0.39 is 0 Å². The first-order chi connectivity index (χ1) is 10.1. The van der Waals surface area contributed by atoms with Gasteiger partial charge in [-0.05, 0) is 58.8 Å². The van der Waals surface area contributed by atoms with Crippen molar-refractivity contribution in [1.29, 1.82) is 0 Å². The van der Waals surface area contributed by atoms with E-state index in [0.717, 1.165) is 25.7 Å². The van der Waals surface area contributed by atoms with Gasteiger partial charge in [0.15, 0.2) is 0 Å². The van der Waals surface area contributed by atoms with E-state index in [0.29, 0.717) is 5.76 Å². The Bertz CT molecular complexity index is 800. The zero-order chi connectivity index (χ0) is 15.0. The summed E-state index contributed by atoms with van der Waals surface area (Å²) in [6.07, 6.45) is 0. The van der Waals surface area contributed by atoms with Crippen LogP contribution in [0.4, 0.5) is 4.39 Å².